The van der Waals surface area contributed by atoms with Gasteiger partial charge in [-0.3, -0.25) is 20.6 Å². The van der Waals surface area contributed by atoms with Crippen molar-refractivity contribution >= 4 is 5.82 Å². The zero-order valence-corrected chi connectivity index (χ0v) is 11.6. The van der Waals surface area contributed by atoms with Gasteiger partial charge in [-0.05, 0) is 19.9 Å². The fourth-order valence-corrected chi connectivity index (χ4v) is 2.24. The highest BCUT2D eigenvalue weighted by atomic mass is 15.3. The Morgan fingerprint density at radius 2 is 2.21 bits per heavy atom. The van der Waals surface area contributed by atoms with Crippen LogP contribution in [-0.4, -0.2) is 19.6 Å². The average Bonchev–Trinajstić information content (AvgIpc) is 2.91. The number of hydrogen-bond donors (Lipinski definition) is 3. The first-order chi connectivity index (χ1) is 9.06. The van der Waals surface area contributed by atoms with Crippen LogP contribution >= 0.6 is 0 Å². The van der Waals surface area contributed by atoms with E-state index >= 15 is 0 Å². The molecule has 0 aromatic carbocycles. The lowest BCUT2D eigenvalue weighted by atomic mass is 10.1. The van der Waals surface area contributed by atoms with Crippen molar-refractivity contribution in [1.82, 2.24) is 25.0 Å². The second kappa shape index (κ2) is 5.41. The number of anilines is 1. The summed E-state index contributed by atoms with van der Waals surface area (Å²) in [6.45, 7) is 4.89. The highest BCUT2D eigenvalue weighted by Crippen LogP contribution is 2.23. The van der Waals surface area contributed by atoms with Crippen LogP contribution in [0.5, 0.6) is 0 Å². The normalized spacial score (nSPS) is 12.8. The minimum Gasteiger partial charge on any atom is -0.384 e. The molecule has 7 nitrogen and oxygen atoms in total. The van der Waals surface area contributed by atoms with Crippen molar-refractivity contribution in [1.29, 1.82) is 0 Å². The smallest absolute Gasteiger partial charge is 0.126 e. The SMILES string of the molecule is CCn1nc(C)cc1CC(NN)c1cnn(C)c1N. The number of nitrogens with one attached hydrogen (secondary N) is 1. The average molecular weight is 263 g/mol. The molecule has 1 atom stereocenters. The zero-order valence-electron chi connectivity index (χ0n) is 11.6. The Kier molecular flexibility index (Phi) is 3.87. The monoisotopic (exact) mass is 263 g/mol. The molecule has 1 unspecified atom stereocenters. The van der Waals surface area contributed by atoms with Gasteiger partial charge in [-0.2, -0.15) is 10.2 Å². The van der Waals surface area contributed by atoms with Gasteiger partial charge in [0.25, 0.3) is 0 Å². The molecular formula is C12H21N7. The fraction of sp³-hybridized carbons (Fsp3) is 0.500. The summed E-state index contributed by atoms with van der Waals surface area (Å²) < 4.78 is 3.62. The van der Waals surface area contributed by atoms with Crippen molar-refractivity contribution in [2.75, 3.05) is 5.73 Å². The minimum absolute atomic E-state index is 0.0740. The molecule has 0 aliphatic carbocycles. The van der Waals surface area contributed by atoms with Gasteiger partial charge in [-0.25, -0.2) is 0 Å². The van der Waals surface area contributed by atoms with Gasteiger partial charge in [0.15, 0.2) is 0 Å². The molecule has 5 N–H and O–H groups in total. The molecule has 0 radical (unpaired) electrons. The van der Waals surface area contributed by atoms with E-state index in [0.29, 0.717) is 5.82 Å². The standard InChI is InChI=1S/C12H21N7/c1-4-19-9(5-8(2)17-19)6-11(16-14)10-7-15-18(3)12(10)13/h5,7,11,16H,4,6,13-14H2,1-3H3. The van der Waals surface area contributed by atoms with Crippen LogP contribution in [0.4, 0.5) is 5.82 Å². The van der Waals surface area contributed by atoms with E-state index in [-0.39, 0.29) is 6.04 Å². The van der Waals surface area contributed by atoms with Gasteiger partial charge in [0, 0.05) is 31.3 Å². The largest absolute Gasteiger partial charge is 0.384 e. The maximum Gasteiger partial charge on any atom is 0.126 e. The van der Waals surface area contributed by atoms with Gasteiger partial charge < -0.3 is 5.73 Å². The third kappa shape index (κ3) is 2.61. The summed E-state index contributed by atoms with van der Waals surface area (Å²) in [5.74, 6) is 6.28. The zero-order chi connectivity index (χ0) is 14.0. The summed E-state index contributed by atoms with van der Waals surface area (Å²) in [7, 11) is 1.81. The molecule has 19 heavy (non-hydrogen) atoms. The van der Waals surface area contributed by atoms with Crippen molar-refractivity contribution < 1.29 is 0 Å². The summed E-state index contributed by atoms with van der Waals surface area (Å²) in [6, 6.07) is 2.00. The number of nitrogens with zero attached hydrogens (tertiary/aromatic N) is 4. The molecule has 0 fully saturated rings. The van der Waals surface area contributed by atoms with Crippen LogP contribution in [0.25, 0.3) is 0 Å². The Hall–Kier alpha value is -1.86. The number of rotatable bonds is 5. The van der Waals surface area contributed by atoms with Crippen molar-refractivity contribution in [2.24, 2.45) is 12.9 Å². The molecule has 2 rings (SSSR count). The molecule has 0 amide bonds. The summed E-state index contributed by atoms with van der Waals surface area (Å²) in [4.78, 5) is 0. The van der Waals surface area contributed by atoms with E-state index in [0.717, 1.165) is 29.9 Å². The molecule has 2 heterocycles. The van der Waals surface area contributed by atoms with Crippen molar-refractivity contribution in [3.8, 4) is 0 Å². The van der Waals surface area contributed by atoms with Gasteiger partial charge in [0.2, 0.25) is 0 Å². The highest BCUT2D eigenvalue weighted by molar-refractivity contribution is 5.41. The van der Waals surface area contributed by atoms with Crippen molar-refractivity contribution in [3.63, 3.8) is 0 Å². The molecule has 0 bridgehead atoms. The molecule has 0 spiro atoms. The van der Waals surface area contributed by atoms with Gasteiger partial charge in [-0.1, -0.05) is 0 Å². The lowest BCUT2D eigenvalue weighted by molar-refractivity contribution is 0.518. The van der Waals surface area contributed by atoms with Gasteiger partial charge >= 0.3 is 0 Å². The van der Waals surface area contributed by atoms with Crippen LogP contribution in [0.15, 0.2) is 12.3 Å². The number of nitrogens with two attached hydrogens (primary N) is 2. The topological polar surface area (TPSA) is 99.7 Å². The summed E-state index contributed by atoms with van der Waals surface area (Å²) in [5, 5.41) is 8.58. The van der Waals surface area contributed by atoms with E-state index in [1.54, 1.807) is 10.9 Å². The number of nitrogen functional groups attached to an aromatic ring is 1. The van der Waals surface area contributed by atoms with Gasteiger partial charge in [0.05, 0.1) is 17.9 Å². The van der Waals surface area contributed by atoms with Crippen LogP contribution in [0.1, 0.15) is 29.9 Å². The van der Waals surface area contributed by atoms with Crippen molar-refractivity contribution in [3.05, 3.63) is 29.2 Å². The van der Waals surface area contributed by atoms with Crippen LogP contribution in [0, 0.1) is 6.92 Å². The molecule has 0 saturated heterocycles. The van der Waals surface area contributed by atoms with E-state index in [4.69, 9.17) is 11.6 Å². The van der Waals surface area contributed by atoms with Crippen LogP contribution in [0.3, 0.4) is 0 Å². The van der Waals surface area contributed by atoms with E-state index in [9.17, 15) is 0 Å². The second-order valence-corrected chi connectivity index (χ2v) is 4.62. The third-order valence-electron chi connectivity index (χ3n) is 3.29. The number of aromatic nitrogens is 4. The van der Waals surface area contributed by atoms with E-state index < -0.39 is 0 Å². The van der Waals surface area contributed by atoms with Crippen LogP contribution in [-0.2, 0) is 20.0 Å². The third-order valence-corrected chi connectivity index (χ3v) is 3.29. The second-order valence-electron chi connectivity index (χ2n) is 4.62. The number of hydrazine groups is 1. The molecule has 0 aliphatic heterocycles. The predicted molar refractivity (Wildman–Crippen MR) is 74.0 cm³/mol. The lowest BCUT2D eigenvalue weighted by Crippen LogP contribution is -2.30. The summed E-state index contributed by atoms with van der Waals surface area (Å²) >= 11 is 0. The van der Waals surface area contributed by atoms with Crippen molar-refractivity contribution in [2.45, 2.75) is 32.9 Å². The summed E-state index contributed by atoms with van der Waals surface area (Å²) in [6.07, 6.45) is 2.47. The van der Waals surface area contributed by atoms with Gasteiger partial charge in [0.1, 0.15) is 5.82 Å². The molecule has 104 valence electrons. The number of aryl methyl sites for hydroxylation is 3. The summed E-state index contributed by atoms with van der Waals surface area (Å²) in [5.41, 5.74) is 11.8. The van der Waals surface area contributed by atoms with Crippen LogP contribution in [0.2, 0.25) is 0 Å². The molecular weight excluding hydrogens is 242 g/mol. The molecule has 0 saturated carbocycles. The maximum atomic E-state index is 5.99. The lowest BCUT2D eigenvalue weighted by Gasteiger charge is -2.16. The first-order valence-corrected chi connectivity index (χ1v) is 6.33. The Balaban J connectivity index is 2.26. The van der Waals surface area contributed by atoms with Gasteiger partial charge in [-0.15, -0.1) is 0 Å². The molecule has 2 aromatic rings. The first kappa shape index (κ1) is 13.6. The Morgan fingerprint density at radius 3 is 2.74 bits per heavy atom. The van der Waals surface area contributed by atoms with E-state index in [1.807, 2.05) is 18.7 Å². The Morgan fingerprint density at radius 1 is 1.47 bits per heavy atom. The Labute approximate surface area is 112 Å². The minimum atomic E-state index is -0.0740. The molecule has 2 aromatic heterocycles. The van der Waals surface area contributed by atoms with Crippen LogP contribution < -0.4 is 17.0 Å². The van der Waals surface area contributed by atoms with E-state index in [1.165, 1.54) is 0 Å². The molecule has 0 aliphatic rings. The highest BCUT2D eigenvalue weighted by Gasteiger charge is 2.18. The van der Waals surface area contributed by atoms with E-state index in [2.05, 4.69) is 28.6 Å². The quantitative estimate of drug-likeness (QED) is 0.531. The number of hydrogen-bond acceptors (Lipinski definition) is 5. The maximum absolute atomic E-state index is 5.99. The first-order valence-electron chi connectivity index (χ1n) is 6.33. The molecule has 7 heteroatoms. The Bertz CT molecular complexity index is 554. The predicted octanol–water partition coefficient (Wildman–Crippen LogP) is 0.274. The fourth-order valence-electron chi connectivity index (χ4n) is 2.24.